The van der Waals surface area contributed by atoms with Crippen LogP contribution in [-0.2, 0) is 14.8 Å². The summed E-state index contributed by atoms with van der Waals surface area (Å²) < 4.78 is 27.1. The average Bonchev–Trinajstić information content (AvgIpc) is 2.46. The molecule has 0 unspecified atom stereocenters. The highest BCUT2D eigenvalue weighted by atomic mass is 32.2. The smallest absolute Gasteiger partial charge is 0.241 e. The van der Waals surface area contributed by atoms with E-state index in [-0.39, 0.29) is 16.7 Å². The number of hydrogen-bond donors (Lipinski definition) is 2. The third-order valence-corrected chi connectivity index (χ3v) is 5.42. The largest absolute Gasteiger partial charge is 0.326 e. The molecule has 0 radical (unpaired) electrons. The minimum atomic E-state index is -3.56. The molecule has 1 atom stereocenters. The summed E-state index contributed by atoms with van der Waals surface area (Å²) in [4.78, 5) is 12.5. The highest BCUT2D eigenvalue weighted by Gasteiger charge is 2.22. The maximum atomic E-state index is 12.3. The van der Waals surface area contributed by atoms with Gasteiger partial charge >= 0.3 is 0 Å². The van der Waals surface area contributed by atoms with E-state index >= 15 is 0 Å². The summed E-state index contributed by atoms with van der Waals surface area (Å²) in [6.45, 7) is 9.49. The summed E-state index contributed by atoms with van der Waals surface area (Å²) in [5.41, 5.74) is 0.0731. The fourth-order valence-corrected chi connectivity index (χ4v) is 3.81. The lowest BCUT2D eigenvalue weighted by atomic mass is 9.98. The maximum Gasteiger partial charge on any atom is 0.241 e. The molecule has 0 aliphatic carbocycles. The quantitative estimate of drug-likeness (QED) is 0.743. The first-order valence-electron chi connectivity index (χ1n) is 8.54. The first-order chi connectivity index (χ1) is 11.1. The van der Waals surface area contributed by atoms with Crippen LogP contribution in [0.2, 0.25) is 0 Å². The van der Waals surface area contributed by atoms with E-state index in [2.05, 4.69) is 17.0 Å². The van der Waals surface area contributed by atoms with Crippen LogP contribution in [0.25, 0.3) is 0 Å². The monoisotopic (exact) mass is 354 g/mol. The molecule has 0 aliphatic rings. The molecule has 6 heteroatoms. The van der Waals surface area contributed by atoms with Gasteiger partial charge in [0.25, 0.3) is 0 Å². The second kappa shape index (κ2) is 8.62. The van der Waals surface area contributed by atoms with Crippen molar-refractivity contribution in [2.24, 2.45) is 5.92 Å². The first kappa shape index (κ1) is 20.6. The van der Waals surface area contributed by atoms with Gasteiger partial charge in [-0.2, -0.15) is 0 Å². The van der Waals surface area contributed by atoms with Crippen molar-refractivity contribution in [2.75, 3.05) is 5.32 Å². The van der Waals surface area contributed by atoms with Gasteiger partial charge in [-0.05, 0) is 57.9 Å². The first-order valence-corrected chi connectivity index (χ1v) is 10.0. The van der Waals surface area contributed by atoms with Crippen LogP contribution in [0.5, 0.6) is 0 Å². The third-order valence-electron chi connectivity index (χ3n) is 3.64. The fourth-order valence-electron chi connectivity index (χ4n) is 2.39. The van der Waals surface area contributed by atoms with Crippen molar-refractivity contribution < 1.29 is 13.2 Å². The van der Waals surface area contributed by atoms with Crippen LogP contribution < -0.4 is 10.0 Å². The Bertz CT molecular complexity index is 631. The normalized spacial score (nSPS) is 13.5. The van der Waals surface area contributed by atoms with E-state index in [0.29, 0.717) is 5.69 Å². The fraction of sp³-hybridized carbons (Fsp3) is 0.611. The average molecular weight is 355 g/mol. The van der Waals surface area contributed by atoms with E-state index in [1.807, 2.05) is 6.92 Å². The Balaban J connectivity index is 2.79. The molecule has 0 aromatic heterocycles. The minimum Gasteiger partial charge on any atom is -0.326 e. The molecule has 0 aliphatic heterocycles. The Morgan fingerprint density at radius 2 is 1.71 bits per heavy atom. The molecule has 1 aromatic carbocycles. The van der Waals surface area contributed by atoms with Gasteiger partial charge < -0.3 is 5.32 Å². The van der Waals surface area contributed by atoms with Crippen LogP contribution >= 0.6 is 0 Å². The van der Waals surface area contributed by atoms with Gasteiger partial charge in [0.15, 0.2) is 0 Å². The lowest BCUT2D eigenvalue weighted by Crippen LogP contribution is -2.40. The molecule has 0 fully saturated rings. The van der Waals surface area contributed by atoms with Gasteiger partial charge in [0.05, 0.1) is 4.90 Å². The molecule has 1 amide bonds. The zero-order valence-electron chi connectivity index (χ0n) is 15.3. The topological polar surface area (TPSA) is 75.3 Å². The second-order valence-electron chi connectivity index (χ2n) is 7.12. The predicted octanol–water partition coefficient (Wildman–Crippen LogP) is 3.92. The lowest BCUT2D eigenvalue weighted by Gasteiger charge is -2.20. The van der Waals surface area contributed by atoms with Crippen molar-refractivity contribution in [1.82, 2.24) is 4.72 Å². The number of benzene rings is 1. The number of carbonyl (C=O) groups excluding carboxylic acids is 1. The number of unbranched alkanes of at least 4 members (excludes halogenated alkanes) is 1. The van der Waals surface area contributed by atoms with Crippen molar-refractivity contribution in [3.05, 3.63) is 24.3 Å². The van der Waals surface area contributed by atoms with Gasteiger partial charge in [-0.1, -0.05) is 26.7 Å². The van der Waals surface area contributed by atoms with E-state index in [1.165, 1.54) is 12.1 Å². The number of nitrogens with one attached hydrogen (secondary N) is 2. The van der Waals surface area contributed by atoms with Gasteiger partial charge in [0, 0.05) is 17.1 Å². The Morgan fingerprint density at radius 3 is 2.17 bits per heavy atom. The Labute approximate surface area is 146 Å². The van der Waals surface area contributed by atoms with Crippen LogP contribution in [0.4, 0.5) is 5.69 Å². The van der Waals surface area contributed by atoms with Gasteiger partial charge in [-0.15, -0.1) is 0 Å². The molecule has 0 heterocycles. The zero-order chi connectivity index (χ0) is 18.4. The summed E-state index contributed by atoms with van der Waals surface area (Å²) in [5, 5.41) is 2.87. The van der Waals surface area contributed by atoms with Gasteiger partial charge in [0.1, 0.15) is 0 Å². The van der Waals surface area contributed by atoms with Crippen LogP contribution in [-0.4, -0.2) is 19.9 Å². The van der Waals surface area contributed by atoms with Crippen molar-refractivity contribution in [1.29, 1.82) is 0 Å². The third kappa shape index (κ3) is 6.61. The minimum absolute atomic E-state index is 0.00378. The van der Waals surface area contributed by atoms with E-state index < -0.39 is 15.6 Å². The van der Waals surface area contributed by atoms with Crippen LogP contribution in [0.1, 0.15) is 60.3 Å². The Hall–Kier alpha value is -1.40. The van der Waals surface area contributed by atoms with Crippen LogP contribution in [0.15, 0.2) is 29.2 Å². The number of carbonyl (C=O) groups is 1. The lowest BCUT2D eigenvalue weighted by molar-refractivity contribution is -0.120. The summed E-state index contributed by atoms with van der Waals surface area (Å²) in [7, 11) is -3.56. The molecular weight excluding hydrogens is 324 g/mol. The number of sulfonamides is 1. The van der Waals surface area contributed by atoms with E-state index in [1.54, 1.807) is 32.9 Å². The van der Waals surface area contributed by atoms with Crippen molar-refractivity contribution >= 4 is 21.6 Å². The van der Waals surface area contributed by atoms with E-state index in [9.17, 15) is 13.2 Å². The predicted molar refractivity (Wildman–Crippen MR) is 98.5 cm³/mol. The van der Waals surface area contributed by atoms with Gasteiger partial charge in [-0.3, -0.25) is 4.79 Å². The van der Waals surface area contributed by atoms with Gasteiger partial charge in [-0.25, -0.2) is 13.1 Å². The standard InChI is InChI=1S/C18H30N2O3S/c1-6-8-9-14(7-2)17(21)19-15-10-12-16(13-11-15)24(22,23)20-18(3,4)5/h10-14,20H,6-9H2,1-5H3,(H,19,21)/t14-/m0/s1. The van der Waals surface area contributed by atoms with Crippen molar-refractivity contribution in [3.63, 3.8) is 0 Å². The van der Waals surface area contributed by atoms with E-state index in [4.69, 9.17) is 0 Å². The number of rotatable bonds is 8. The zero-order valence-corrected chi connectivity index (χ0v) is 16.2. The molecular formula is C18H30N2O3S. The van der Waals surface area contributed by atoms with Crippen molar-refractivity contribution in [3.8, 4) is 0 Å². The molecule has 24 heavy (non-hydrogen) atoms. The highest BCUT2D eigenvalue weighted by molar-refractivity contribution is 7.89. The molecule has 1 aromatic rings. The molecule has 5 nitrogen and oxygen atoms in total. The Morgan fingerprint density at radius 1 is 1.12 bits per heavy atom. The number of anilines is 1. The molecule has 0 saturated heterocycles. The highest BCUT2D eigenvalue weighted by Crippen LogP contribution is 2.19. The van der Waals surface area contributed by atoms with Gasteiger partial charge in [0.2, 0.25) is 15.9 Å². The molecule has 2 N–H and O–H groups in total. The Kier molecular flexibility index (Phi) is 7.42. The molecule has 1 rings (SSSR count). The summed E-state index contributed by atoms with van der Waals surface area (Å²) in [6.07, 6.45) is 3.77. The summed E-state index contributed by atoms with van der Waals surface area (Å²) in [6, 6.07) is 6.27. The van der Waals surface area contributed by atoms with E-state index in [0.717, 1.165) is 25.7 Å². The molecule has 0 spiro atoms. The van der Waals surface area contributed by atoms with Crippen LogP contribution in [0, 0.1) is 5.92 Å². The van der Waals surface area contributed by atoms with Crippen LogP contribution in [0.3, 0.4) is 0 Å². The second-order valence-corrected chi connectivity index (χ2v) is 8.80. The van der Waals surface area contributed by atoms with Crippen molar-refractivity contribution in [2.45, 2.75) is 70.7 Å². The summed E-state index contributed by atoms with van der Waals surface area (Å²) >= 11 is 0. The maximum absolute atomic E-state index is 12.3. The summed E-state index contributed by atoms with van der Waals surface area (Å²) in [5.74, 6) is -0.00899. The molecule has 0 saturated carbocycles. The molecule has 0 bridgehead atoms. The SMILES string of the molecule is CCCC[C@H](CC)C(=O)Nc1ccc(S(=O)(=O)NC(C)(C)C)cc1. The molecule has 136 valence electrons. The number of hydrogen-bond acceptors (Lipinski definition) is 3. The number of amides is 1.